The predicted octanol–water partition coefficient (Wildman–Crippen LogP) is 6.80. The normalized spacial score (nSPS) is 13.4. The van der Waals surface area contributed by atoms with E-state index in [0.717, 1.165) is 57.7 Å². The van der Waals surface area contributed by atoms with E-state index in [-0.39, 0.29) is 0 Å². The average Bonchev–Trinajstić information content (AvgIpc) is 2.85. The molecule has 0 unspecified atom stereocenters. The van der Waals surface area contributed by atoms with Crippen molar-refractivity contribution in [2.45, 2.75) is 12.8 Å². The quantitative estimate of drug-likeness (QED) is 0.370. The second-order valence-corrected chi connectivity index (χ2v) is 7.95. The topological polar surface area (TPSA) is 59.9 Å². The van der Waals surface area contributed by atoms with E-state index in [4.69, 9.17) is 26.3 Å². The van der Waals surface area contributed by atoms with Crippen molar-refractivity contribution in [3.63, 3.8) is 0 Å². The highest BCUT2D eigenvalue weighted by Crippen LogP contribution is 2.32. The van der Waals surface area contributed by atoms with Crippen LogP contribution in [0.1, 0.15) is 18.4 Å². The number of benzene rings is 2. The first-order chi connectivity index (χ1) is 15.7. The molecule has 0 spiro atoms. The molecule has 5 nitrogen and oxygen atoms in total. The van der Waals surface area contributed by atoms with Gasteiger partial charge in [0.1, 0.15) is 5.82 Å². The molecule has 0 radical (unpaired) electrons. The van der Waals surface area contributed by atoms with Crippen LogP contribution in [0.25, 0.3) is 27.9 Å². The van der Waals surface area contributed by atoms with Crippen molar-refractivity contribution in [2.24, 2.45) is 0 Å². The molecule has 158 valence electrons. The smallest absolute Gasteiger partial charge is 0.163 e. The van der Waals surface area contributed by atoms with Crippen LogP contribution < -0.4 is 5.32 Å². The highest BCUT2D eigenvalue weighted by molar-refractivity contribution is 6.30. The summed E-state index contributed by atoms with van der Waals surface area (Å²) in [6, 6.07) is 17.7. The Balaban J connectivity index is 1.64. The van der Waals surface area contributed by atoms with Gasteiger partial charge in [0.05, 0.1) is 18.4 Å². The Bertz CT molecular complexity index is 1330. The minimum Gasteiger partial charge on any atom is -0.501 e. The predicted molar refractivity (Wildman–Crippen MR) is 130 cm³/mol. The number of aromatic nitrogens is 3. The van der Waals surface area contributed by atoms with Crippen LogP contribution in [-0.2, 0) is 4.74 Å². The van der Waals surface area contributed by atoms with E-state index < -0.39 is 0 Å². The largest absolute Gasteiger partial charge is 0.501 e. The van der Waals surface area contributed by atoms with Gasteiger partial charge in [-0.3, -0.25) is 4.98 Å². The highest BCUT2D eigenvalue weighted by Gasteiger charge is 2.14. The van der Waals surface area contributed by atoms with Crippen LogP contribution in [0.4, 0.5) is 11.5 Å². The number of allylic oxidation sites excluding steroid dienone is 4. The molecule has 0 aliphatic heterocycles. The number of rotatable bonds is 5. The van der Waals surface area contributed by atoms with Gasteiger partial charge in [-0.25, -0.2) is 9.97 Å². The van der Waals surface area contributed by atoms with Crippen molar-refractivity contribution in [3.05, 3.63) is 95.5 Å². The molecule has 4 aromatic rings. The number of pyridine rings is 1. The van der Waals surface area contributed by atoms with Gasteiger partial charge in [0.15, 0.2) is 5.82 Å². The standard InChI is InChI=1S/C26H21ClN4O/c1-32-22-6-2-4-17(14-22)18-7-12-24-23(15-18)26(29-21-10-8-20(27)9-11-21)31-25(30-24)19-5-3-13-28-16-19/h3-5,7-16H,2,6H2,1H3,(H,29,30,31). The van der Waals surface area contributed by atoms with Crippen LogP contribution in [0.2, 0.25) is 5.02 Å². The number of fused-ring (bicyclic) bond motifs is 1. The summed E-state index contributed by atoms with van der Waals surface area (Å²) >= 11 is 6.06. The fourth-order valence-corrected chi connectivity index (χ4v) is 3.86. The molecule has 0 bridgehead atoms. The van der Waals surface area contributed by atoms with E-state index in [2.05, 4.69) is 34.6 Å². The molecule has 0 fully saturated rings. The van der Waals surface area contributed by atoms with Crippen molar-refractivity contribution in [3.8, 4) is 11.4 Å². The lowest BCUT2D eigenvalue weighted by Gasteiger charge is -2.15. The lowest BCUT2D eigenvalue weighted by molar-refractivity contribution is 0.277. The summed E-state index contributed by atoms with van der Waals surface area (Å²) < 4.78 is 5.47. The third-order valence-corrected chi connectivity index (χ3v) is 5.64. The van der Waals surface area contributed by atoms with E-state index >= 15 is 0 Å². The Morgan fingerprint density at radius 1 is 1.00 bits per heavy atom. The highest BCUT2D eigenvalue weighted by atomic mass is 35.5. The van der Waals surface area contributed by atoms with Crippen molar-refractivity contribution in [1.82, 2.24) is 15.0 Å². The Labute approximate surface area is 191 Å². The summed E-state index contributed by atoms with van der Waals surface area (Å²) in [4.78, 5) is 13.9. The molecule has 2 aromatic carbocycles. The third kappa shape index (κ3) is 4.20. The second kappa shape index (κ2) is 8.81. The summed E-state index contributed by atoms with van der Waals surface area (Å²) in [6.07, 6.45) is 9.73. The van der Waals surface area contributed by atoms with Gasteiger partial charge in [-0.2, -0.15) is 0 Å². The molecule has 2 aromatic heterocycles. The molecular weight excluding hydrogens is 420 g/mol. The lowest BCUT2D eigenvalue weighted by atomic mass is 9.97. The number of hydrogen-bond donors (Lipinski definition) is 1. The molecule has 1 aliphatic rings. The summed E-state index contributed by atoms with van der Waals surface area (Å²) in [5.74, 6) is 2.34. The van der Waals surface area contributed by atoms with Crippen LogP contribution in [0.5, 0.6) is 0 Å². The lowest BCUT2D eigenvalue weighted by Crippen LogP contribution is -2.00. The Kier molecular flexibility index (Phi) is 5.57. The SMILES string of the molecule is COC1=CC(c2ccc3nc(-c4cccnc4)nc(Nc4ccc(Cl)cc4)c3c2)=CCC1. The fraction of sp³-hybridized carbons (Fsp3) is 0.115. The average molecular weight is 441 g/mol. The molecule has 6 heteroatoms. The summed E-state index contributed by atoms with van der Waals surface area (Å²) in [7, 11) is 1.72. The number of ether oxygens (including phenoxy) is 1. The molecule has 0 saturated heterocycles. The van der Waals surface area contributed by atoms with Gasteiger partial charge in [-0.1, -0.05) is 23.7 Å². The Morgan fingerprint density at radius 3 is 2.66 bits per heavy atom. The van der Waals surface area contributed by atoms with Crippen LogP contribution in [0, 0.1) is 0 Å². The molecule has 0 amide bonds. The van der Waals surface area contributed by atoms with Crippen molar-refractivity contribution >= 4 is 39.6 Å². The molecule has 1 aliphatic carbocycles. The Hall–Kier alpha value is -3.70. The van der Waals surface area contributed by atoms with Gasteiger partial charge in [-0.15, -0.1) is 0 Å². The van der Waals surface area contributed by atoms with Gasteiger partial charge in [-0.05, 0) is 72.2 Å². The van der Waals surface area contributed by atoms with Crippen molar-refractivity contribution < 1.29 is 4.74 Å². The first-order valence-corrected chi connectivity index (χ1v) is 10.8. The molecular formula is C26H21ClN4O. The maximum atomic E-state index is 6.06. The number of anilines is 2. The minimum absolute atomic E-state index is 0.619. The summed E-state index contributed by atoms with van der Waals surface area (Å²) in [6.45, 7) is 0. The van der Waals surface area contributed by atoms with Gasteiger partial charge >= 0.3 is 0 Å². The number of hydrogen-bond acceptors (Lipinski definition) is 5. The van der Waals surface area contributed by atoms with E-state index in [0.29, 0.717) is 10.8 Å². The van der Waals surface area contributed by atoms with Crippen LogP contribution in [0.3, 0.4) is 0 Å². The molecule has 2 heterocycles. The summed E-state index contributed by atoms with van der Waals surface area (Å²) in [5.41, 5.74) is 4.86. The first kappa shape index (κ1) is 20.2. The van der Waals surface area contributed by atoms with E-state index in [1.165, 1.54) is 0 Å². The van der Waals surface area contributed by atoms with Crippen molar-refractivity contribution in [1.29, 1.82) is 0 Å². The summed E-state index contributed by atoms with van der Waals surface area (Å²) in [5, 5.41) is 5.07. The minimum atomic E-state index is 0.619. The van der Waals surface area contributed by atoms with E-state index in [9.17, 15) is 0 Å². The van der Waals surface area contributed by atoms with Gasteiger partial charge in [0, 0.05) is 40.5 Å². The second-order valence-electron chi connectivity index (χ2n) is 7.51. The molecule has 32 heavy (non-hydrogen) atoms. The molecule has 0 saturated carbocycles. The zero-order valence-electron chi connectivity index (χ0n) is 17.5. The molecule has 5 rings (SSSR count). The van der Waals surface area contributed by atoms with Crippen LogP contribution in [-0.4, -0.2) is 22.1 Å². The monoisotopic (exact) mass is 440 g/mol. The maximum Gasteiger partial charge on any atom is 0.163 e. The van der Waals surface area contributed by atoms with Gasteiger partial charge in [0.25, 0.3) is 0 Å². The first-order valence-electron chi connectivity index (χ1n) is 10.4. The zero-order valence-corrected chi connectivity index (χ0v) is 18.3. The number of nitrogens with one attached hydrogen (secondary N) is 1. The van der Waals surface area contributed by atoms with Crippen LogP contribution in [0.15, 0.2) is 84.9 Å². The number of nitrogens with zero attached hydrogens (tertiary/aromatic N) is 3. The van der Waals surface area contributed by atoms with Gasteiger partial charge in [0.2, 0.25) is 0 Å². The van der Waals surface area contributed by atoms with Crippen LogP contribution >= 0.6 is 11.6 Å². The molecule has 1 N–H and O–H groups in total. The third-order valence-electron chi connectivity index (χ3n) is 5.39. The fourth-order valence-electron chi connectivity index (χ4n) is 3.73. The van der Waals surface area contributed by atoms with Gasteiger partial charge < -0.3 is 10.1 Å². The van der Waals surface area contributed by atoms with Crippen molar-refractivity contribution in [2.75, 3.05) is 12.4 Å². The maximum absolute atomic E-state index is 6.06. The van der Waals surface area contributed by atoms with E-state index in [1.807, 2.05) is 42.5 Å². The molecule has 0 atom stereocenters. The zero-order chi connectivity index (χ0) is 21.9. The number of methoxy groups -OCH3 is 1. The number of halogens is 1. The Morgan fingerprint density at radius 2 is 1.88 bits per heavy atom. The van der Waals surface area contributed by atoms with E-state index in [1.54, 1.807) is 19.5 Å².